The first-order valence-electron chi connectivity index (χ1n) is 11.5. The molecule has 1 aromatic heterocycles. The Morgan fingerprint density at radius 3 is 2.46 bits per heavy atom. The fraction of sp³-hybridized carbons (Fsp3) is 0.370. The van der Waals surface area contributed by atoms with Gasteiger partial charge in [-0.3, -0.25) is 9.59 Å². The lowest BCUT2D eigenvalue weighted by Crippen LogP contribution is -2.40. The highest BCUT2D eigenvalue weighted by molar-refractivity contribution is 5.99. The van der Waals surface area contributed by atoms with Crippen molar-refractivity contribution in [2.24, 2.45) is 0 Å². The van der Waals surface area contributed by atoms with Crippen LogP contribution in [0.2, 0.25) is 0 Å². The number of hydrogen-bond donors (Lipinski definition) is 1. The van der Waals surface area contributed by atoms with Gasteiger partial charge in [-0.15, -0.1) is 0 Å². The number of carbonyl (C=O) groups is 2. The zero-order valence-corrected chi connectivity index (χ0v) is 21.3. The fourth-order valence-corrected chi connectivity index (χ4v) is 3.57. The number of nitrogens with one attached hydrogen (secondary N) is 1. The molecule has 0 saturated heterocycles. The molecule has 0 aliphatic carbocycles. The summed E-state index contributed by atoms with van der Waals surface area (Å²) in [6.45, 7) is 8.65. The van der Waals surface area contributed by atoms with Crippen molar-refractivity contribution < 1.29 is 19.1 Å². The lowest BCUT2D eigenvalue weighted by atomic mass is 9.92. The third-order valence-electron chi connectivity index (χ3n) is 5.59. The van der Waals surface area contributed by atoms with E-state index in [9.17, 15) is 9.59 Å². The van der Waals surface area contributed by atoms with E-state index in [1.54, 1.807) is 43.2 Å². The molecule has 1 heterocycles. The van der Waals surface area contributed by atoms with E-state index in [2.05, 4.69) is 26.1 Å². The molecule has 0 fully saturated rings. The van der Waals surface area contributed by atoms with Crippen LogP contribution in [0.5, 0.6) is 5.75 Å². The van der Waals surface area contributed by atoms with Crippen molar-refractivity contribution in [3.63, 3.8) is 0 Å². The minimum Gasteiger partial charge on any atom is -0.497 e. The van der Waals surface area contributed by atoms with Crippen LogP contribution in [0, 0.1) is 6.92 Å². The highest BCUT2D eigenvalue weighted by Gasteiger charge is 2.24. The van der Waals surface area contributed by atoms with Crippen molar-refractivity contribution >= 4 is 17.6 Å². The number of hydrogen-bond acceptors (Lipinski definition) is 5. The average Bonchev–Trinajstić information content (AvgIpc) is 3.25. The van der Waals surface area contributed by atoms with Crippen LogP contribution in [0.15, 0.2) is 54.6 Å². The van der Waals surface area contributed by atoms with Gasteiger partial charge >= 0.3 is 0 Å². The van der Waals surface area contributed by atoms with Crippen molar-refractivity contribution in [1.29, 1.82) is 0 Å². The van der Waals surface area contributed by atoms with Gasteiger partial charge in [0.2, 0.25) is 5.91 Å². The number of anilines is 1. The lowest BCUT2D eigenvalue weighted by molar-refractivity contribution is -0.117. The first-order chi connectivity index (χ1) is 16.6. The van der Waals surface area contributed by atoms with Crippen LogP contribution in [0.25, 0.3) is 5.69 Å². The molecule has 2 aromatic carbocycles. The number of aryl methyl sites for hydroxylation is 1. The number of rotatable bonds is 9. The van der Waals surface area contributed by atoms with E-state index >= 15 is 0 Å². The summed E-state index contributed by atoms with van der Waals surface area (Å²) in [5, 5.41) is 7.75. The van der Waals surface area contributed by atoms with Gasteiger partial charge in [-0.1, -0.05) is 45.0 Å². The third kappa shape index (κ3) is 6.48. The van der Waals surface area contributed by atoms with E-state index in [1.807, 2.05) is 37.3 Å². The number of amides is 2. The Morgan fingerprint density at radius 1 is 1.06 bits per heavy atom. The van der Waals surface area contributed by atoms with Gasteiger partial charge in [-0.05, 0) is 36.8 Å². The minimum atomic E-state index is -0.326. The highest BCUT2D eigenvalue weighted by atomic mass is 16.5. The minimum absolute atomic E-state index is 0.136. The van der Waals surface area contributed by atoms with Gasteiger partial charge in [0.05, 0.1) is 25.1 Å². The van der Waals surface area contributed by atoms with Crippen molar-refractivity contribution in [1.82, 2.24) is 14.7 Å². The summed E-state index contributed by atoms with van der Waals surface area (Å²) in [4.78, 5) is 27.8. The summed E-state index contributed by atoms with van der Waals surface area (Å²) in [7, 11) is 3.10. The van der Waals surface area contributed by atoms with Gasteiger partial charge in [0.1, 0.15) is 18.1 Å². The van der Waals surface area contributed by atoms with Crippen LogP contribution in [0.3, 0.4) is 0 Å². The Labute approximate surface area is 206 Å². The first-order valence-corrected chi connectivity index (χ1v) is 11.5. The maximum absolute atomic E-state index is 13.2. The highest BCUT2D eigenvalue weighted by Crippen LogP contribution is 2.27. The number of nitrogens with zero attached hydrogens (tertiary/aromatic N) is 3. The van der Waals surface area contributed by atoms with Gasteiger partial charge in [0.15, 0.2) is 0 Å². The molecule has 0 unspecified atom stereocenters. The molecule has 1 N–H and O–H groups in total. The SMILES string of the molecule is COCCN(CC(=O)Nc1cc(C(C)(C)C)nn1-c1ccccc1C)C(=O)c1cccc(OC)c1. The monoisotopic (exact) mass is 478 g/mol. The molecule has 0 bridgehead atoms. The number of para-hydroxylation sites is 1. The molecule has 0 aliphatic heterocycles. The standard InChI is InChI=1S/C27H34N4O4/c1-19-10-7-8-13-22(19)31-24(17-23(29-31)27(2,3)4)28-25(32)18-30(14-15-34-5)26(33)20-11-9-12-21(16-20)35-6/h7-13,16-17H,14-15,18H2,1-6H3,(H,28,32). The predicted octanol–water partition coefficient (Wildman–Crippen LogP) is 4.21. The van der Waals surface area contributed by atoms with Crippen LogP contribution >= 0.6 is 0 Å². The Bertz CT molecular complexity index is 1180. The second-order valence-electron chi connectivity index (χ2n) is 9.36. The Kier molecular flexibility index (Phi) is 8.30. The van der Waals surface area contributed by atoms with Crippen LogP contribution in [-0.4, -0.2) is 60.4 Å². The molecule has 0 aliphatic rings. The van der Waals surface area contributed by atoms with E-state index in [4.69, 9.17) is 14.6 Å². The summed E-state index contributed by atoms with van der Waals surface area (Å²) < 4.78 is 12.2. The van der Waals surface area contributed by atoms with Crippen LogP contribution < -0.4 is 10.1 Å². The zero-order valence-electron chi connectivity index (χ0n) is 21.3. The smallest absolute Gasteiger partial charge is 0.254 e. The van der Waals surface area contributed by atoms with Crippen LogP contribution in [0.4, 0.5) is 5.82 Å². The van der Waals surface area contributed by atoms with Gasteiger partial charge < -0.3 is 19.7 Å². The Morgan fingerprint density at radius 2 is 1.80 bits per heavy atom. The molecular formula is C27H34N4O4. The number of methoxy groups -OCH3 is 2. The summed E-state index contributed by atoms with van der Waals surface area (Å²) in [6, 6.07) is 16.6. The van der Waals surface area contributed by atoms with E-state index < -0.39 is 0 Å². The van der Waals surface area contributed by atoms with Gasteiger partial charge in [0, 0.05) is 30.7 Å². The molecule has 3 rings (SSSR count). The number of aromatic nitrogens is 2. The normalized spacial score (nSPS) is 11.3. The maximum atomic E-state index is 13.2. The topological polar surface area (TPSA) is 85.7 Å². The van der Waals surface area contributed by atoms with E-state index in [-0.39, 0.29) is 30.3 Å². The molecule has 8 nitrogen and oxygen atoms in total. The summed E-state index contributed by atoms with van der Waals surface area (Å²) in [5.74, 6) is 0.519. The molecule has 186 valence electrons. The van der Waals surface area contributed by atoms with E-state index in [0.29, 0.717) is 23.7 Å². The van der Waals surface area contributed by atoms with Gasteiger partial charge in [0.25, 0.3) is 5.91 Å². The van der Waals surface area contributed by atoms with Crippen LogP contribution in [0.1, 0.15) is 42.4 Å². The second kappa shape index (κ2) is 11.2. The van der Waals surface area contributed by atoms with Gasteiger partial charge in [-0.25, -0.2) is 4.68 Å². The predicted molar refractivity (Wildman–Crippen MR) is 136 cm³/mol. The quantitative estimate of drug-likeness (QED) is 0.498. The van der Waals surface area contributed by atoms with E-state index in [0.717, 1.165) is 16.9 Å². The average molecular weight is 479 g/mol. The van der Waals surface area contributed by atoms with Crippen molar-refractivity contribution in [3.8, 4) is 11.4 Å². The molecule has 8 heteroatoms. The molecule has 2 amide bonds. The van der Waals surface area contributed by atoms with Crippen LogP contribution in [-0.2, 0) is 14.9 Å². The Hall–Kier alpha value is -3.65. The molecule has 3 aromatic rings. The molecule has 0 radical (unpaired) electrons. The summed E-state index contributed by atoms with van der Waals surface area (Å²) in [6.07, 6.45) is 0. The molecular weight excluding hydrogens is 444 g/mol. The second-order valence-corrected chi connectivity index (χ2v) is 9.36. The first kappa shape index (κ1) is 26.0. The third-order valence-corrected chi connectivity index (χ3v) is 5.59. The number of ether oxygens (including phenoxy) is 2. The van der Waals surface area contributed by atoms with Gasteiger partial charge in [-0.2, -0.15) is 5.10 Å². The Balaban J connectivity index is 1.87. The maximum Gasteiger partial charge on any atom is 0.254 e. The molecule has 0 spiro atoms. The number of carbonyl (C=O) groups excluding carboxylic acids is 2. The fourth-order valence-electron chi connectivity index (χ4n) is 3.57. The van der Waals surface area contributed by atoms with Crippen molar-refractivity contribution in [2.45, 2.75) is 33.1 Å². The summed E-state index contributed by atoms with van der Waals surface area (Å²) >= 11 is 0. The van der Waals surface area contributed by atoms with Crippen molar-refractivity contribution in [3.05, 3.63) is 71.4 Å². The van der Waals surface area contributed by atoms with Crippen molar-refractivity contribution in [2.75, 3.05) is 39.2 Å². The lowest BCUT2D eigenvalue weighted by Gasteiger charge is -2.22. The number of benzene rings is 2. The van der Waals surface area contributed by atoms with E-state index in [1.165, 1.54) is 4.90 Å². The molecule has 0 atom stereocenters. The zero-order chi connectivity index (χ0) is 25.6. The largest absolute Gasteiger partial charge is 0.497 e. The summed E-state index contributed by atoms with van der Waals surface area (Å²) in [5.41, 5.74) is 2.98. The molecule has 0 saturated carbocycles. The molecule has 35 heavy (non-hydrogen) atoms.